The Labute approximate surface area is 125 Å². The van der Waals surface area contributed by atoms with Crippen molar-refractivity contribution in [2.75, 3.05) is 7.11 Å². The first-order chi connectivity index (χ1) is 10.0. The molecule has 0 spiro atoms. The molecule has 1 aliphatic carbocycles. The van der Waals surface area contributed by atoms with Gasteiger partial charge in [0, 0.05) is 23.6 Å². The van der Waals surface area contributed by atoms with Crippen molar-refractivity contribution in [1.29, 1.82) is 0 Å². The van der Waals surface area contributed by atoms with Gasteiger partial charge in [-0.2, -0.15) is 0 Å². The Balaban J connectivity index is 1.96. The Hall–Kier alpha value is -1.75. The van der Waals surface area contributed by atoms with Crippen LogP contribution in [0.25, 0.3) is 0 Å². The van der Waals surface area contributed by atoms with Crippen LogP contribution in [0.15, 0.2) is 18.2 Å². The quantitative estimate of drug-likeness (QED) is 0.776. The van der Waals surface area contributed by atoms with E-state index in [4.69, 9.17) is 10.5 Å². The van der Waals surface area contributed by atoms with E-state index in [1.807, 2.05) is 13.0 Å². The zero-order valence-electron chi connectivity index (χ0n) is 12.6. The summed E-state index contributed by atoms with van der Waals surface area (Å²) in [6, 6.07) is 5.61. The molecule has 0 heterocycles. The molecule has 1 unspecified atom stereocenters. The lowest BCUT2D eigenvalue weighted by atomic mass is 9.85. The van der Waals surface area contributed by atoms with Gasteiger partial charge in [0.05, 0.1) is 7.11 Å². The Kier molecular flexibility index (Phi) is 5.07. The first-order valence-corrected chi connectivity index (χ1v) is 7.43. The van der Waals surface area contributed by atoms with Gasteiger partial charge in [-0.1, -0.05) is 0 Å². The van der Waals surface area contributed by atoms with E-state index in [1.54, 1.807) is 19.2 Å². The molecule has 5 nitrogen and oxygen atoms in total. The number of amides is 1. The van der Waals surface area contributed by atoms with Crippen molar-refractivity contribution in [3.63, 3.8) is 0 Å². The number of methoxy groups -OCH3 is 1. The number of rotatable bonds is 5. The fraction of sp³-hybridized carbons (Fsp3) is 0.562. The molecule has 1 fully saturated rings. The third-order valence-corrected chi connectivity index (χ3v) is 4.32. The Morgan fingerprint density at radius 3 is 2.62 bits per heavy atom. The number of aromatic hydroxyl groups is 1. The summed E-state index contributed by atoms with van der Waals surface area (Å²) in [5.74, 6) is 0.825. The smallest absolute Gasteiger partial charge is 0.220 e. The molecule has 116 valence electrons. The van der Waals surface area contributed by atoms with E-state index in [0.29, 0.717) is 6.04 Å². The molecule has 0 radical (unpaired) electrons. The van der Waals surface area contributed by atoms with Crippen molar-refractivity contribution >= 4 is 5.91 Å². The minimum atomic E-state index is -0.188. The van der Waals surface area contributed by atoms with Crippen LogP contribution in [0, 0.1) is 5.92 Å². The summed E-state index contributed by atoms with van der Waals surface area (Å²) in [6.45, 7) is 2.02. The van der Waals surface area contributed by atoms with E-state index in [-0.39, 0.29) is 23.6 Å². The minimum Gasteiger partial charge on any atom is -0.508 e. The van der Waals surface area contributed by atoms with Gasteiger partial charge in [-0.3, -0.25) is 4.79 Å². The molecule has 0 bridgehead atoms. The zero-order chi connectivity index (χ0) is 15.4. The van der Waals surface area contributed by atoms with Crippen LogP contribution in [-0.4, -0.2) is 24.2 Å². The van der Waals surface area contributed by atoms with E-state index in [0.717, 1.165) is 37.0 Å². The topological polar surface area (TPSA) is 84.6 Å². The van der Waals surface area contributed by atoms with Crippen LogP contribution in [0.2, 0.25) is 0 Å². The molecule has 21 heavy (non-hydrogen) atoms. The van der Waals surface area contributed by atoms with E-state index < -0.39 is 0 Å². The highest BCUT2D eigenvalue weighted by atomic mass is 16.5. The van der Waals surface area contributed by atoms with E-state index >= 15 is 0 Å². The highest BCUT2D eigenvalue weighted by molar-refractivity contribution is 5.76. The molecule has 1 aromatic rings. The van der Waals surface area contributed by atoms with Gasteiger partial charge in [-0.05, 0) is 50.8 Å². The molecule has 1 atom stereocenters. The predicted molar refractivity (Wildman–Crippen MR) is 81.1 cm³/mol. The van der Waals surface area contributed by atoms with Crippen LogP contribution in [-0.2, 0) is 4.79 Å². The maximum Gasteiger partial charge on any atom is 0.220 e. The van der Waals surface area contributed by atoms with Crippen LogP contribution >= 0.6 is 0 Å². The molecular weight excluding hydrogens is 268 g/mol. The molecule has 4 N–H and O–H groups in total. The number of carbonyl (C=O) groups excluding carboxylic acids is 1. The van der Waals surface area contributed by atoms with Gasteiger partial charge in [-0.25, -0.2) is 0 Å². The number of carbonyl (C=O) groups is 1. The van der Waals surface area contributed by atoms with Crippen molar-refractivity contribution in [3.8, 4) is 11.5 Å². The summed E-state index contributed by atoms with van der Waals surface area (Å²) in [7, 11) is 1.61. The van der Waals surface area contributed by atoms with Crippen LogP contribution in [0.5, 0.6) is 11.5 Å². The molecule has 0 saturated heterocycles. The number of phenols is 1. The van der Waals surface area contributed by atoms with Crippen molar-refractivity contribution in [2.24, 2.45) is 11.7 Å². The van der Waals surface area contributed by atoms with Gasteiger partial charge in [-0.15, -0.1) is 0 Å². The lowest BCUT2D eigenvalue weighted by Crippen LogP contribution is -2.37. The van der Waals surface area contributed by atoms with E-state index in [2.05, 4.69) is 5.32 Å². The summed E-state index contributed by atoms with van der Waals surface area (Å²) in [4.78, 5) is 11.2. The number of ether oxygens (including phenoxy) is 1. The Morgan fingerprint density at radius 2 is 2.05 bits per heavy atom. The molecule has 1 saturated carbocycles. The number of hydrogen-bond donors (Lipinski definition) is 3. The highest BCUT2D eigenvalue weighted by Crippen LogP contribution is 2.31. The summed E-state index contributed by atoms with van der Waals surface area (Å²) in [5.41, 5.74) is 6.18. The van der Waals surface area contributed by atoms with Crippen LogP contribution < -0.4 is 15.8 Å². The molecule has 0 aliphatic heterocycles. The molecular formula is C16H24N2O3. The number of hydrogen-bond acceptors (Lipinski definition) is 4. The molecule has 0 aromatic heterocycles. The summed E-state index contributed by atoms with van der Waals surface area (Å²) < 4.78 is 5.20. The van der Waals surface area contributed by atoms with Gasteiger partial charge in [0.2, 0.25) is 5.91 Å². The van der Waals surface area contributed by atoms with Gasteiger partial charge < -0.3 is 20.9 Å². The van der Waals surface area contributed by atoms with E-state index in [1.165, 1.54) is 0 Å². The van der Waals surface area contributed by atoms with E-state index in [9.17, 15) is 9.90 Å². The molecule has 2 rings (SSSR count). The monoisotopic (exact) mass is 292 g/mol. The van der Waals surface area contributed by atoms with Crippen LogP contribution in [0.3, 0.4) is 0 Å². The summed E-state index contributed by atoms with van der Waals surface area (Å²) >= 11 is 0. The van der Waals surface area contributed by atoms with Gasteiger partial charge in [0.25, 0.3) is 0 Å². The van der Waals surface area contributed by atoms with Gasteiger partial charge in [0.1, 0.15) is 11.5 Å². The lowest BCUT2D eigenvalue weighted by Gasteiger charge is -2.30. The van der Waals surface area contributed by atoms with Crippen LogP contribution in [0.4, 0.5) is 0 Å². The second-order valence-electron chi connectivity index (χ2n) is 5.76. The van der Waals surface area contributed by atoms with Gasteiger partial charge >= 0.3 is 0 Å². The molecule has 1 amide bonds. The number of nitrogens with one attached hydrogen (secondary N) is 1. The standard InChI is InChI=1S/C16H24N2O3/c1-10(14-9-13(21-2)7-8-15(14)19)18-12-5-3-11(4-6-12)16(17)20/h7-12,18-19H,3-6H2,1-2H3,(H2,17,20). The normalized spacial score (nSPS) is 23.5. The second kappa shape index (κ2) is 6.80. The largest absolute Gasteiger partial charge is 0.508 e. The summed E-state index contributed by atoms with van der Waals surface area (Å²) in [6.07, 6.45) is 3.54. The van der Waals surface area contributed by atoms with Crippen molar-refractivity contribution in [3.05, 3.63) is 23.8 Å². The molecule has 1 aliphatic rings. The average Bonchev–Trinajstić information content (AvgIpc) is 2.48. The average molecular weight is 292 g/mol. The number of phenolic OH excluding ortho intramolecular Hbond substituents is 1. The van der Waals surface area contributed by atoms with Crippen molar-refractivity contribution < 1.29 is 14.6 Å². The minimum absolute atomic E-state index is 0.0172. The zero-order valence-corrected chi connectivity index (χ0v) is 12.6. The fourth-order valence-electron chi connectivity index (χ4n) is 2.99. The Morgan fingerprint density at radius 1 is 1.38 bits per heavy atom. The summed E-state index contributed by atoms with van der Waals surface area (Å²) in [5, 5.41) is 13.5. The number of nitrogens with two attached hydrogens (primary N) is 1. The van der Waals surface area contributed by atoms with Gasteiger partial charge in [0.15, 0.2) is 0 Å². The lowest BCUT2D eigenvalue weighted by molar-refractivity contribution is -0.122. The number of primary amides is 1. The predicted octanol–water partition coefficient (Wildman–Crippen LogP) is 2.10. The Bertz CT molecular complexity index is 496. The molecule has 1 aromatic carbocycles. The SMILES string of the molecule is COc1ccc(O)c(C(C)NC2CCC(C(N)=O)CC2)c1. The van der Waals surface area contributed by atoms with Crippen molar-refractivity contribution in [2.45, 2.75) is 44.7 Å². The fourth-order valence-corrected chi connectivity index (χ4v) is 2.99. The second-order valence-corrected chi connectivity index (χ2v) is 5.76. The highest BCUT2D eigenvalue weighted by Gasteiger charge is 2.26. The maximum atomic E-state index is 11.2. The number of benzene rings is 1. The van der Waals surface area contributed by atoms with Crippen molar-refractivity contribution in [1.82, 2.24) is 5.32 Å². The maximum absolute atomic E-state index is 11.2. The van der Waals surface area contributed by atoms with Crippen LogP contribution in [0.1, 0.15) is 44.2 Å². The third kappa shape index (κ3) is 3.88. The molecule has 5 heteroatoms. The first kappa shape index (κ1) is 15.6. The first-order valence-electron chi connectivity index (χ1n) is 7.43. The third-order valence-electron chi connectivity index (χ3n) is 4.32.